The molecule has 0 aromatic heterocycles. The quantitative estimate of drug-likeness (QED) is 0.575. The van der Waals surface area contributed by atoms with Crippen LogP contribution in [-0.2, 0) is 9.53 Å². The Labute approximate surface area is 124 Å². The standard InChI is InChI=1S/C14H25NO2S2/c1-11-9-15(10-12(2)17-11)14(16)6-4-3-5-13-7-8-18-19-13/h11-13H,3-10H2,1-2H3. The molecule has 0 radical (unpaired) electrons. The van der Waals surface area contributed by atoms with Crippen molar-refractivity contribution < 1.29 is 9.53 Å². The minimum atomic E-state index is 0.180. The first kappa shape index (κ1) is 15.5. The Bertz CT molecular complexity index is 285. The van der Waals surface area contributed by atoms with E-state index in [0.717, 1.165) is 24.8 Å². The summed E-state index contributed by atoms with van der Waals surface area (Å²) in [5.41, 5.74) is 0. The first-order valence-electron chi connectivity index (χ1n) is 7.36. The van der Waals surface area contributed by atoms with E-state index in [1.807, 2.05) is 40.3 Å². The molecule has 0 N–H and O–H groups in total. The molecule has 1 amide bonds. The van der Waals surface area contributed by atoms with Crippen molar-refractivity contribution in [3.63, 3.8) is 0 Å². The molecular formula is C14H25NO2S2. The fourth-order valence-corrected chi connectivity index (χ4v) is 5.78. The lowest BCUT2D eigenvalue weighted by atomic mass is 10.1. The zero-order valence-electron chi connectivity index (χ0n) is 12.0. The van der Waals surface area contributed by atoms with Crippen LogP contribution in [0, 0.1) is 0 Å². The van der Waals surface area contributed by atoms with Gasteiger partial charge < -0.3 is 9.64 Å². The van der Waals surface area contributed by atoms with E-state index in [2.05, 4.69) is 0 Å². The Hall–Kier alpha value is 0.130. The lowest BCUT2D eigenvalue weighted by molar-refractivity contribution is -0.143. The highest BCUT2D eigenvalue weighted by molar-refractivity contribution is 8.77. The summed E-state index contributed by atoms with van der Waals surface area (Å²) in [6, 6.07) is 0. The molecule has 3 unspecified atom stereocenters. The van der Waals surface area contributed by atoms with Crippen LogP contribution in [0.5, 0.6) is 0 Å². The van der Waals surface area contributed by atoms with Gasteiger partial charge in [0.15, 0.2) is 0 Å². The van der Waals surface area contributed by atoms with Crippen LogP contribution in [0.25, 0.3) is 0 Å². The van der Waals surface area contributed by atoms with Gasteiger partial charge in [-0.05, 0) is 33.1 Å². The normalized spacial score (nSPS) is 31.7. The van der Waals surface area contributed by atoms with E-state index in [4.69, 9.17) is 4.74 Å². The molecule has 2 fully saturated rings. The largest absolute Gasteiger partial charge is 0.372 e. The van der Waals surface area contributed by atoms with E-state index < -0.39 is 0 Å². The molecule has 0 aromatic carbocycles. The second-order valence-electron chi connectivity index (χ2n) is 5.63. The fraction of sp³-hybridized carbons (Fsp3) is 0.929. The molecule has 0 bridgehead atoms. The van der Waals surface area contributed by atoms with Gasteiger partial charge in [0.05, 0.1) is 12.2 Å². The molecule has 2 aliphatic heterocycles. The van der Waals surface area contributed by atoms with Crippen LogP contribution in [0.1, 0.15) is 46.0 Å². The van der Waals surface area contributed by atoms with Gasteiger partial charge in [0.1, 0.15) is 0 Å². The van der Waals surface area contributed by atoms with Gasteiger partial charge in [0.25, 0.3) is 0 Å². The lowest BCUT2D eigenvalue weighted by Crippen LogP contribution is -2.48. The molecule has 0 aromatic rings. The van der Waals surface area contributed by atoms with Crippen LogP contribution >= 0.6 is 21.6 Å². The Morgan fingerprint density at radius 1 is 1.26 bits per heavy atom. The Kier molecular flexibility index (Phi) is 6.36. The van der Waals surface area contributed by atoms with Crippen LogP contribution in [0.4, 0.5) is 0 Å². The van der Waals surface area contributed by atoms with Crippen molar-refractivity contribution in [2.24, 2.45) is 0 Å². The van der Waals surface area contributed by atoms with Crippen molar-refractivity contribution in [1.29, 1.82) is 0 Å². The minimum absolute atomic E-state index is 0.180. The third-order valence-electron chi connectivity index (χ3n) is 3.67. The van der Waals surface area contributed by atoms with E-state index in [1.165, 1.54) is 25.0 Å². The second kappa shape index (κ2) is 7.79. The molecule has 0 aliphatic carbocycles. The summed E-state index contributed by atoms with van der Waals surface area (Å²) in [5.74, 6) is 1.62. The average molecular weight is 303 g/mol. The van der Waals surface area contributed by atoms with E-state index in [-0.39, 0.29) is 12.2 Å². The van der Waals surface area contributed by atoms with Crippen molar-refractivity contribution in [3.8, 4) is 0 Å². The maximum atomic E-state index is 12.1. The third-order valence-corrected chi connectivity index (χ3v) is 6.67. The predicted octanol–water partition coefficient (Wildman–Crippen LogP) is 3.34. The summed E-state index contributed by atoms with van der Waals surface area (Å²) in [4.78, 5) is 14.1. The van der Waals surface area contributed by atoms with E-state index in [0.29, 0.717) is 12.3 Å². The fourth-order valence-electron chi connectivity index (χ4n) is 2.75. The van der Waals surface area contributed by atoms with E-state index in [9.17, 15) is 4.79 Å². The number of hydrogen-bond acceptors (Lipinski definition) is 4. The van der Waals surface area contributed by atoms with Gasteiger partial charge in [0, 0.05) is 30.5 Å². The highest BCUT2D eigenvalue weighted by Crippen LogP contribution is 2.39. The van der Waals surface area contributed by atoms with Crippen LogP contribution in [0.2, 0.25) is 0 Å². The zero-order valence-corrected chi connectivity index (χ0v) is 13.6. The highest BCUT2D eigenvalue weighted by Gasteiger charge is 2.25. The topological polar surface area (TPSA) is 29.5 Å². The van der Waals surface area contributed by atoms with Crippen LogP contribution < -0.4 is 0 Å². The van der Waals surface area contributed by atoms with Gasteiger partial charge in [-0.25, -0.2) is 0 Å². The predicted molar refractivity (Wildman–Crippen MR) is 83.5 cm³/mol. The molecule has 19 heavy (non-hydrogen) atoms. The van der Waals surface area contributed by atoms with Gasteiger partial charge >= 0.3 is 0 Å². The molecule has 5 heteroatoms. The maximum Gasteiger partial charge on any atom is 0.222 e. The zero-order chi connectivity index (χ0) is 13.7. The molecule has 2 aliphatic rings. The number of carbonyl (C=O) groups is 1. The van der Waals surface area contributed by atoms with Gasteiger partial charge in [-0.15, -0.1) is 0 Å². The SMILES string of the molecule is CC1CN(C(=O)CCCCC2CCSS2)CC(C)O1. The summed E-state index contributed by atoms with van der Waals surface area (Å²) in [5, 5.41) is 0.837. The summed E-state index contributed by atoms with van der Waals surface area (Å²) in [7, 11) is 4.03. The minimum Gasteiger partial charge on any atom is -0.372 e. The van der Waals surface area contributed by atoms with Crippen LogP contribution in [0.15, 0.2) is 0 Å². The molecule has 2 saturated heterocycles. The summed E-state index contributed by atoms with van der Waals surface area (Å²) in [6.45, 7) is 5.62. The van der Waals surface area contributed by atoms with E-state index in [1.54, 1.807) is 0 Å². The molecule has 110 valence electrons. The first-order valence-corrected chi connectivity index (χ1v) is 9.75. The molecule has 0 spiro atoms. The van der Waals surface area contributed by atoms with Crippen molar-refractivity contribution in [2.45, 2.75) is 63.4 Å². The number of unbranched alkanes of at least 4 members (excludes halogenated alkanes) is 1. The first-order chi connectivity index (χ1) is 9.15. The molecule has 3 atom stereocenters. The van der Waals surface area contributed by atoms with Crippen LogP contribution in [0.3, 0.4) is 0 Å². The van der Waals surface area contributed by atoms with Crippen molar-refractivity contribution in [3.05, 3.63) is 0 Å². The Balaban J connectivity index is 1.60. The molecule has 0 saturated carbocycles. The molecular weight excluding hydrogens is 278 g/mol. The number of amides is 1. The van der Waals surface area contributed by atoms with Gasteiger partial charge in [-0.2, -0.15) is 0 Å². The van der Waals surface area contributed by atoms with Crippen molar-refractivity contribution in [1.82, 2.24) is 4.90 Å². The van der Waals surface area contributed by atoms with E-state index >= 15 is 0 Å². The molecule has 2 heterocycles. The lowest BCUT2D eigenvalue weighted by Gasteiger charge is -2.35. The van der Waals surface area contributed by atoms with Gasteiger partial charge in [-0.3, -0.25) is 4.79 Å². The Morgan fingerprint density at radius 2 is 2.00 bits per heavy atom. The number of morpholine rings is 1. The van der Waals surface area contributed by atoms with Gasteiger partial charge in [0.2, 0.25) is 5.91 Å². The molecule has 3 nitrogen and oxygen atoms in total. The smallest absolute Gasteiger partial charge is 0.222 e. The number of nitrogens with zero attached hydrogens (tertiary/aromatic N) is 1. The van der Waals surface area contributed by atoms with Gasteiger partial charge in [-0.1, -0.05) is 28.0 Å². The summed E-state index contributed by atoms with van der Waals surface area (Å²) in [6.07, 6.45) is 5.94. The monoisotopic (exact) mass is 303 g/mol. The maximum absolute atomic E-state index is 12.1. The number of hydrogen-bond donors (Lipinski definition) is 0. The third kappa shape index (κ3) is 5.20. The number of ether oxygens (including phenoxy) is 1. The number of rotatable bonds is 5. The van der Waals surface area contributed by atoms with Crippen molar-refractivity contribution in [2.75, 3.05) is 18.8 Å². The Morgan fingerprint density at radius 3 is 2.63 bits per heavy atom. The summed E-state index contributed by atoms with van der Waals surface area (Å²) >= 11 is 0. The highest BCUT2D eigenvalue weighted by atomic mass is 33.1. The van der Waals surface area contributed by atoms with Crippen LogP contribution in [-0.4, -0.2) is 47.1 Å². The second-order valence-corrected chi connectivity index (χ2v) is 8.42. The van der Waals surface area contributed by atoms with Crippen molar-refractivity contribution >= 4 is 27.5 Å². The summed E-state index contributed by atoms with van der Waals surface area (Å²) < 4.78 is 5.66. The molecule has 2 rings (SSSR count). The average Bonchev–Trinajstić information content (AvgIpc) is 2.86. The number of carbonyl (C=O) groups excluding carboxylic acids is 1.